The van der Waals surface area contributed by atoms with Gasteiger partial charge in [-0.15, -0.1) is 0 Å². The normalized spacial score (nSPS) is 11.5. The van der Waals surface area contributed by atoms with Crippen LogP contribution in [0.4, 0.5) is 0 Å². The lowest BCUT2D eigenvalue weighted by Gasteiger charge is -2.32. The van der Waals surface area contributed by atoms with Crippen molar-refractivity contribution < 1.29 is 28.9 Å². The molecule has 0 heterocycles. The lowest BCUT2D eigenvalue weighted by atomic mass is 9.74. The van der Waals surface area contributed by atoms with Crippen molar-refractivity contribution in [3.05, 3.63) is 0 Å². The van der Waals surface area contributed by atoms with E-state index in [0.717, 1.165) is 0 Å². The fourth-order valence-corrected chi connectivity index (χ4v) is 1.97. The van der Waals surface area contributed by atoms with Crippen LogP contribution in [0.5, 0.6) is 0 Å². The van der Waals surface area contributed by atoms with Gasteiger partial charge in [0.15, 0.2) is 5.41 Å². The molecule has 0 spiro atoms. The predicted molar refractivity (Wildman–Crippen MR) is 73.1 cm³/mol. The molecule has 0 aromatic rings. The van der Waals surface area contributed by atoms with Gasteiger partial charge in [-0.1, -0.05) is 13.8 Å². The van der Waals surface area contributed by atoms with Gasteiger partial charge in [-0.25, -0.2) is 0 Å². The Balaban J connectivity index is 5.12. The van der Waals surface area contributed by atoms with Gasteiger partial charge in [0.1, 0.15) is 0 Å². The number of rotatable bonds is 10. The SMILES string of the molecule is CCOC(=O)C(CCOCCO)(C(=O)OCC)C(C)C. The van der Waals surface area contributed by atoms with Crippen LogP contribution in [0.1, 0.15) is 34.1 Å². The monoisotopic (exact) mass is 290 g/mol. The highest BCUT2D eigenvalue weighted by Gasteiger charge is 2.51. The molecule has 6 heteroatoms. The van der Waals surface area contributed by atoms with Gasteiger partial charge in [-0.2, -0.15) is 0 Å². The zero-order chi connectivity index (χ0) is 15.6. The Bertz CT molecular complexity index is 282. The molecule has 1 N–H and O–H groups in total. The standard InChI is InChI=1S/C14H26O6/c1-5-19-12(16)14(11(3)4,13(17)20-6-2)7-9-18-10-8-15/h11,15H,5-10H2,1-4H3. The maximum absolute atomic E-state index is 12.3. The van der Waals surface area contributed by atoms with Crippen molar-refractivity contribution in [3.63, 3.8) is 0 Å². The molecule has 20 heavy (non-hydrogen) atoms. The van der Waals surface area contributed by atoms with E-state index in [-0.39, 0.29) is 45.4 Å². The molecule has 0 bridgehead atoms. The Hall–Kier alpha value is -1.14. The molecule has 6 nitrogen and oxygen atoms in total. The molecule has 0 aliphatic carbocycles. The first-order chi connectivity index (χ1) is 9.47. The molecule has 0 aromatic carbocycles. The van der Waals surface area contributed by atoms with Gasteiger partial charge >= 0.3 is 11.9 Å². The summed E-state index contributed by atoms with van der Waals surface area (Å²) in [6, 6.07) is 0. The zero-order valence-corrected chi connectivity index (χ0v) is 12.8. The van der Waals surface area contributed by atoms with E-state index < -0.39 is 17.4 Å². The molecule has 0 saturated carbocycles. The molecule has 0 amide bonds. The summed E-state index contributed by atoms with van der Waals surface area (Å²) in [4.78, 5) is 24.5. The van der Waals surface area contributed by atoms with E-state index in [0.29, 0.717) is 0 Å². The van der Waals surface area contributed by atoms with Crippen LogP contribution in [0.15, 0.2) is 0 Å². The molecule has 0 aliphatic rings. The Morgan fingerprint density at radius 1 is 1.05 bits per heavy atom. The number of hydrogen-bond acceptors (Lipinski definition) is 6. The number of ether oxygens (including phenoxy) is 3. The van der Waals surface area contributed by atoms with Gasteiger partial charge in [0.25, 0.3) is 0 Å². The van der Waals surface area contributed by atoms with Crippen molar-refractivity contribution in [3.8, 4) is 0 Å². The summed E-state index contributed by atoms with van der Waals surface area (Å²) in [6.45, 7) is 7.57. The van der Waals surface area contributed by atoms with E-state index in [9.17, 15) is 9.59 Å². The second kappa shape index (κ2) is 9.72. The summed E-state index contributed by atoms with van der Waals surface area (Å²) in [7, 11) is 0. The second-order valence-electron chi connectivity index (χ2n) is 4.65. The maximum Gasteiger partial charge on any atom is 0.323 e. The third-order valence-electron chi connectivity index (χ3n) is 3.14. The summed E-state index contributed by atoms with van der Waals surface area (Å²) in [6.07, 6.45) is 0.169. The largest absolute Gasteiger partial charge is 0.465 e. The number of carbonyl (C=O) groups excluding carboxylic acids is 2. The van der Waals surface area contributed by atoms with Crippen LogP contribution in [0.25, 0.3) is 0 Å². The highest BCUT2D eigenvalue weighted by atomic mass is 16.6. The summed E-state index contributed by atoms with van der Waals surface area (Å²) in [5.74, 6) is -1.44. The van der Waals surface area contributed by atoms with Crippen molar-refractivity contribution >= 4 is 11.9 Å². The number of carbonyl (C=O) groups is 2. The third kappa shape index (κ3) is 4.76. The number of esters is 2. The highest BCUT2D eigenvalue weighted by Crippen LogP contribution is 2.35. The molecule has 118 valence electrons. The zero-order valence-electron chi connectivity index (χ0n) is 12.8. The molecule has 0 aliphatic heterocycles. The van der Waals surface area contributed by atoms with Gasteiger partial charge in [0.05, 0.1) is 26.4 Å². The van der Waals surface area contributed by atoms with Gasteiger partial charge in [-0.05, 0) is 26.2 Å². The molecular formula is C14H26O6. The molecule has 0 atom stereocenters. The number of hydrogen-bond donors (Lipinski definition) is 1. The maximum atomic E-state index is 12.3. The van der Waals surface area contributed by atoms with Crippen LogP contribution in [0.3, 0.4) is 0 Å². The highest BCUT2D eigenvalue weighted by molar-refractivity contribution is 6.00. The quantitative estimate of drug-likeness (QED) is 0.369. The molecule has 0 rings (SSSR count). The Kier molecular flexibility index (Phi) is 9.16. The molecule has 0 unspecified atom stereocenters. The van der Waals surface area contributed by atoms with Gasteiger partial charge < -0.3 is 19.3 Å². The Labute approximate surface area is 120 Å². The van der Waals surface area contributed by atoms with E-state index >= 15 is 0 Å². The first kappa shape index (κ1) is 18.9. The molecule has 0 radical (unpaired) electrons. The van der Waals surface area contributed by atoms with Crippen molar-refractivity contribution in [2.24, 2.45) is 11.3 Å². The van der Waals surface area contributed by atoms with Crippen LogP contribution in [0, 0.1) is 11.3 Å². The smallest absolute Gasteiger partial charge is 0.323 e. The Morgan fingerprint density at radius 3 is 1.90 bits per heavy atom. The van der Waals surface area contributed by atoms with E-state index in [1.807, 2.05) is 0 Å². The second-order valence-corrected chi connectivity index (χ2v) is 4.65. The first-order valence-corrected chi connectivity index (χ1v) is 7.00. The fraction of sp³-hybridized carbons (Fsp3) is 0.857. The van der Waals surface area contributed by atoms with E-state index in [1.165, 1.54) is 0 Å². The van der Waals surface area contributed by atoms with E-state index in [4.69, 9.17) is 19.3 Å². The Morgan fingerprint density at radius 2 is 1.55 bits per heavy atom. The van der Waals surface area contributed by atoms with Crippen molar-refractivity contribution in [2.75, 3.05) is 33.0 Å². The van der Waals surface area contributed by atoms with Crippen molar-refractivity contribution in [2.45, 2.75) is 34.1 Å². The lowest BCUT2D eigenvalue weighted by molar-refractivity contribution is -0.177. The summed E-state index contributed by atoms with van der Waals surface area (Å²) in [5.41, 5.74) is -1.36. The van der Waals surface area contributed by atoms with Gasteiger partial charge in [0.2, 0.25) is 0 Å². The number of aliphatic hydroxyl groups is 1. The van der Waals surface area contributed by atoms with Crippen LogP contribution >= 0.6 is 0 Å². The third-order valence-corrected chi connectivity index (χ3v) is 3.14. The fourth-order valence-electron chi connectivity index (χ4n) is 1.97. The molecule has 0 saturated heterocycles. The molecule has 0 fully saturated rings. The van der Waals surface area contributed by atoms with Crippen molar-refractivity contribution in [1.29, 1.82) is 0 Å². The van der Waals surface area contributed by atoms with Gasteiger partial charge in [0, 0.05) is 6.61 Å². The minimum absolute atomic E-state index is 0.104. The van der Waals surface area contributed by atoms with Gasteiger partial charge in [-0.3, -0.25) is 9.59 Å². The van der Waals surface area contributed by atoms with Crippen LogP contribution < -0.4 is 0 Å². The average Bonchev–Trinajstić information content (AvgIpc) is 2.39. The van der Waals surface area contributed by atoms with Crippen molar-refractivity contribution in [1.82, 2.24) is 0 Å². The van der Waals surface area contributed by atoms with Crippen LogP contribution in [-0.4, -0.2) is 50.1 Å². The summed E-state index contributed by atoms with van der Waals surface area (Å²) < 4.78 is 15.3. The minimum atomic E-state index is -1.36. The molecule has 0 aromatic heterocycles. The topological polar surface area (TPSA) is 82.1 Å². The molecular weight excluding hydrogens is 264 g/mol. The average molecular weight is 290 g/mol. The minimum Gasteiger partial charge on any atom is -0.465 e. The first-order valence-electron chi connectivity index (χ1n) is 7.00. The lowest BCUT2D eigenvalue weighted by Crippen LogP contribution is -2.47. The van der Waals surface area contributed by atoms with Crippen LogP contribution in [-0.2, 0) is 23.8 Å². The van der Waals surface area contributed by atoms with E-state index in [1.54, 1.807) is 27.7 Å². The summed E-state index contributed by atoms with van der Waals surface area (Å²) >= 11 is 0. The van der Waals surface area contributed by atoms with E-state index in [2.05, 4.69) is 0 Å². The summed E-state index contributed by atoms with van der Waals surface area (Å²) in [5, 5.41) is 8.68. The van der Waals surface area contributed by atoms with Crippen LogP contribution in [0.2, 0.25) is 0 Å². The number of aliphatic hydroxyl groups excluding tert-OH is 1. The predicted octanol–water partition coefficient (Wildman–Crippen LogP) is 1.15.